The fourth-order valence-corrected chi connectivity index (χ4v) is 2.36. The van der Waals surface area contributed by atoms with Crippen molar-refractivity contribution in [1.29, 1.82) is 0 Å². The van der Waals surface area contributed by atoms with Crippen LogP contribution in [-0.4, -0.2) is 30.2 Å². The minimum atomic E-state index is -0.383. The average Bonchev–Trinajstić information content (AvgIpc) is 2.41. The van der Waals surface area contributed by atoms with Gasteiger partial charge < -0.3 is 15.2 Å². The molecule has 2 atom stereocenters. The Hall–Kier alpha value is -1.62. The summed E-state index contributed by atoms with van der Waals surface area (Å²) in [6, 6.07) is 3.44. The van der Waals surface area contributed by atoms with E-state index in [1.165, 1.54) is 7.11 Å². The van der Waals surface area contributed by atoms with Gasteiger partial charge in [-0.25, -0.2) is 9.78 Å². The monoisotopic (exact) mass is 264 g/mol. The highest BCUT2D eigenvalue weighted by Gasteiger charge is 2.24. The standard InChI is InChI=1S/C14H20N2O3/c1-9-10(14(17)18-2)7-8-13(16-9)19-12-6-4-3-5-11(12)15/h7-8,11-12H,3-6,15H2,1-2H3. The van der Waals surface area contributed by atoms with Crippen LogP contribution >= 0.6 is 0 Å². The van der Waals surface area contributed by atoms with E-state index in [2.05, 4.69) is 9.72 Å². The molecule has 5 nitrogen and oxygen atoms in total. The third kappa shape index (κ3) is 3.23. The number of rotatable bonds is 3. The number of pyridine rings is 1. The van der Waals surface area contributed by atoms with Crippen molar-refractivity contribution in [2.24, 2.45) is 5.73 Å². The highest BCUT2D eigenvalue weighted by Crippen LogP contribution is 2.22. The van der Waals surface area contributed by atoms with E-state index >= 15 is 0 Å². The highest BCUT2D eigenvalue weighted by atomic mass is 16.5. The summed E-state index contributed by atoms with van der Waals surface area (Å²) in [5.74, 6) is 0.137. The lowest BCUT2D eigenvalue weighted by molar-refractivity contribution is 0.0599. The van der Waals surface area contributed by atoms with Crippen LogP contribution in [0.2, 0.25) is 0 Å². The van der Waals surface area contributed by atoms with E-state index in [9.17, 15) is 4.79 Å². The summed E-state index contributed by atoms with van der Waals surface area (Å²) < 4.78 is 10.5. The van der Waals surface area contributed by atoms with Gasteiger partial charge in [-0.2, -0.15) is 0 Å². The number of methoxy groups -OCH3 is 1. The maximum atomic E-state index is 11.5. The normalized spacial score (nSPS) is 22.9. The zero-order valence-electron chi connectivity index (χ0n) is 11.4. The fraction of sp³-hybridized carbons (Fsp3) is 0.571. The molecule has 5 heteroatoms. The van der Waals surface area contributed by atoms with E-state index in [0.29, 0.717) is 17.1 Å². The topological polar surface area (TPSA) is 74.4 Å². The summed E-state index contributed by atoms with van der Waals surface area (Å²) in [5.41, 5.74) is 7.10. The second-order valence-corrected chi connectivity index (χ2v) is 4.88. The van der Waals surface area contributed by atoms with E-state index in [1.54, 1.807) is 19.1 Å². The van der Waals surface area contributed by atoms with Gasteiger partial charge in [-0.15, -0.1) is 0 Å². The Morgan fingerprint density at radius 2 is 2.11 bits per heavy atom. The van der Waals surface area contributed by atoms with Crippen molar-refractivity contribution in [3.05, 3.63) is 23.4 Å². The number of nitrogens with zero attached hydrogens (tertiary/aromatic N) is 1. The molecule has 2 unspecified atom stereocenters. The van der Waals surface area contributed by atoms with Crippen LogP contribution in [-0.2, 0) is 4.74 Å². The summed E-state index contributed by atoms with van der Waals surface area (Å²) in [6.45, 7) is 1.76. The van der Waals surface area contributed by atoms with Crippen LogP contribution in [0.15, 0.2) is 12.1 Å². The number of hydrogen-bond donors (Lipinski definition) is 1. The molecule has 1 aromatic heterocycles. The SMILES string of the molecule is COC(=O)c1ccc(OC2CCCCC2N)nc1C. The number of aryl methyl sites for hydroxylation is 1. The molecule has 0 spiro atoms. The minimum Gasteiger partial charge on any atom is -0.473 e. The molecule has 104 valence electrons. The van der Waals surface area contributed by atoms with Gasteiger partial charge in [0.15, 0.2) is 0 Å². The third-order valence-electron chi connectivity index (χ3n) is 3.49. The van der Waals surface area contributed by atoms with E-state index in [0.717, 1.165) is 25.7 Å². The summed E-state index contributed by atoms with van der Waals surface area (Å²) in [6.07, 6.45) is 4.27. The Bertz CT molecular complexity index is 462. The number of esters is 1. The third-order valence-corrected chi connectivity index (χ3v) is 3.49. The van der Waals surface area contributed by atoms with Gasteiger partial charge in [-0.1, -0.05) is 6.42 Å². The summed E-state index contributed by atoms with van der Waals surface area (Å²) in [4.78, 5) is 15.8. The van der Waals surface area contributed by atoms with Crippen LogP contribution in [0.3, 0.4) is 0 Å². The molecule has 2 N–H and O–H groups in total. The minimum absolute atomic E-state index is 0.0182. The van der Waals surface area contributed by atoms with Crippen LogP contribution in [0.5, 0.6) is 5.88 Å². The van der Waals surface area contributed by atoms with Gasteiger partial charge in [0.2, 0.25) is 5.88 Å². The molecule has 2 rings (SSSR count). The molecule has 1 aliphatic rings. The predicted molar refractivity (Wildman–Crippen MR) is 71.2 cm³/mol. The van der Waals surface area contributed by atoms with Crippen LogP contribution < -0.4 is 10.5 Å². The molecular weight excluding hydrogens is 244 g/mol. The van der Waals surface area contributed by atoms with Crippen molar-refractivity contribution in [3.8, 4) is 5.88 Å². The van der Waals surface area contributed by atoms with E-state index < -0.39 is 0 Å². The number of aromatic nitrogens is 1. The van der Waals surface area contributed by atoms with Crippen molar-refractivity contribution in [2.75, 3.05) is 7.11 Å². The van der Waals surface area contributed by atoms with Gasteiger partial charge >= 0.3 is 5.97 Å². The van der Waals surface area contributed by atoms with E-state index in [1.807, 2.05) is 0 Å². The van der Waals surface area contributed by atoms with Gasteiger partial charge in [-0.3, -0.25) is 0 Å². The second-order valence-electron chi connectivity index (χ2n) is 4.88. The predicted octanol–water partition coefficient (Wildman–Crippen LogP) is 1.83. The zero-order valence-corrected chi connectivity index (χ0v) is 11.4. The number of carbonyl (C=O) groups excluding carboxylic acids is 1. The van der Waals surface area contributed by atoms with Gasteiger partial charge in [0, 0.05) is 12.1 Å². The summed E-state index contributed by atoms with van der Waals surface area (Å²) in [5, 5.41) is 0. The fourth-order valence-electron chi connectivity index (χ4n) is 2.36. The van der Waals surface area contributed by atoms with Crippen molar-refractivity contribution in [3.63, 3.8) is 0 Å². The van der Waals surface area contributed by atoms with Gasteiger partial charge in [0.05, 0.1) is 18.4 Å². The molecular formula is C14H20N2O3. The molecule has 0 saturated heterocycles. The first-order chi connectivity index (χ1) is 9.11. The zero-order chi connectivity index (χ0) is 13.8. The Labute approximate surface area is 113 Å². The Balaban J connectivity index is 2.09. The molecule has 1 aromatic rings. The Morgan fingerprint density at radius 3 is 2.74 bits per heavy atom. The number of hydrogen-bond acceptors (Lipinski definition) is 5. The van der Waals surface area contributed by atoms with Crippen LogP contribution in [0.1, 0.15) is 41.7 Å². The lowest BCUT2D eigenvalue weighted by Gasteiger charge is -2.28. The molecule has 0 aromatic carbocycles. The van der Waals surface area contributed by atoms with Crippen LogP contribution in [0, 0.1) is 6.92 Å². The second kappa shape index (κ2) is 6.02. The van der Waals surface area contributed by atoms with Crippen molar-refractivity contribution in [1.82, 2.24) is 4.98 Å². The lowest BCUT2D eigenvalue weighted by Crippen LogP contribution is -2.41. The van der Waals surface area contributed by atoms with Gasteiger partial charge in [0.1, 0.15) is 6.10 Å². The molecule has 1 heterocycles. The first kappa shape index (κ1) is 13.8. The molecule has 1 aliphatic carbocycles. The first-order valence-electron chi connectivity index (χ1n) is 6.60. The molecule has 0 radical (unpaired) electrons. The molecule has 0 bridgehead atoms. The smallest absolute Gasteiger partial charge is 0.339 e. The Morgan fingerprint density at radius 1 is 1.37 bits per heavy atom. The first-order valence-corrected chi connectivity index (χ1v) is 6.60. The number of nitrogens with two attached hydrogens (primary N) is 1. The maximum Gasteiger partial charge on any atom is 0.339 e. The molecule has 19 heavy (non-hydrogen) atoms. The van der Waals surface area contributed by atoms with E-state index in [4.69, 9.17) is 10.5 Å². The average molecular weight is 264 g/mol. The van der Waals surface area contributed by atoms with Gasteiger partial charge in [-0.05, 0) is 32.3 Å². The number of carbonyl (C=O) groups is 1. The lowest BCUT2D eigenvalue weighted by atomic mass is 9.93. The number of ether oxygens (including phenoxy) is 2. The van der Waals surface area contributed by atoms with Crippen LogP contribution in [0.25, 0.3) is 0 Å². The van der Waals surface area contributed by atoms with Crippen molar-refractivity contribution < 1.29 is 14.3 Å². The molecule has 0 amide bonds. The summed E-state index contributed by atoms with van der Waals surface area (Å²) in [7, 11) is 1.35. The summed E-state index contributed by atoms with van der Waals surface area (Å²) >= 11 is 0. The molecule has 1 fully saturated rings. The molecule has 1 saturated carbocycles. The quantitative estimate of drug-likeness (QED) is 0.843. The maximum absolute atomic E-state index is 11.5. The van der Waals surface area contributed by atoms with E-state index in [-0.39, 0.29) is 18.1 Å². The van der Waals surface area contributed by atoms with Gasteiger partial charge in [0.25, 0.3) is 0 Å². The van der Waals surface area contributed by atoms with Crippen LogP contribution in [0.4, 0.5) is 0 Å². The van der Waals surface area contributed by atoms with Crippen molar-refractivity contribution in [2.45, 2.75) is 44.8 Å². The van der Waals surface area contributed by atoms with Crippen molar-refractivity contribution >= 4 is 5.97 Å². The highest BCUT2D eigenvalue weighted by molar-refractivity contribution is 5.90. The largest absolute Gasteiger partial charge is 0.473 e. The molecule has 0 aliphatic heterocycles. The Kier molecular flexibility index (Phi) is 4.37.